The number of hydrogen-bond donors (Lipinski definition) is 0. The first-order valence-corrected chi connectivity index (χ1v) is 8.80. The average molecular weight is 364 g/mol. The van der Waals surface area contributed by atoms with Crippen molar-refractivity contribution < 1.29 is 9.53 Å². The second-order valence-electron chi connectivity index (χ2n) is 7.07. The van der Waals surface area contributed by atoms with E-state index in [-0.39, 0.29) is 22.4 Å². The van der Waals surface area contributed by atoms with Gasteiger partial charge in [-0.15, -0.1) is 0 Å². The number of ether oxygens (including phenoxy) is 1. The predicted octanol–water partition coefficient (Wildman–Crippen LogP) is 0.732. The quantitative estimate of drug-likeness (QED) is 0.572. The Morgan fingerprint density at radius 1 is 1.12 bits per heavy atom. The number of nitrogens with zero attached hydrogens (tertiary/aromatic N) is 4. The van der Waals surface area contributed by atoms with Crippen LogP contribution in [0.5, 0.6) is 0 Å². The monoisotopic (exact) mass is 364 g/mol. The smallest absolute Gasteiger partial charge is 0.332 e. The lowest BCUT2D eigenvalue weighted by Gasteiger charge is -2.19. The second kappa shape index (κ2) is 5.98. The number of rotatable bonds is 2. The first kappa shape index (κ1) is 17.7. The molecule has 1 aliphatic rings. The van der Waals surface area contributed by atoms with Crippen LogP contribution in [0.1, 0.15) is 33.0 Å². The standard InChI is InChI=1S/C16H20N4O4S/c1-16(2,3)14-17-10-9(12(21)20(5)15(23)19(10)4)11(18-14)25-8-6-7-24-13(8)22/h8H,6-7H2,1-5H3. The van der Waals surface area contributed by atoms with E-state index in [4.69, 9.17) is 4.74 Å². The number of thioether (sulfide) groups is 1. The number of hydrogen-bond acceptors (Lipinski definition) is 7. The lowest BCUT2D eigenvalue weighted by Crippen LogP contribution is -2.38. The summed E-state index contributed by atoms with van der Waals surface area (Å²) in [7, 11) is 2.99. The maximum Gasteiger partial charge on any atom is 0.332 e. The molecule has 0 amide bonds. The zero-order valence-electron chi connectivity index (χ0n) is 14.8. The van der Waals surface area contributed by atoms with Crippen LogP contribution in [-0.4, -0.2) is 36.9 Å². The van der Waals surface area contributed by atoms with E-state index in [1.165, 1.54) is 23.4 Å². The average Bonchev–Trinajstić information content (AvgIpc) is 2.94. The first-order chi connectivity index (χ1) is 11.6. The molecule has 1 aliphatic heterocycles. The molecule has 0 N–H and O–H groups in total. The molecular weight excluding hydrogens is 344 g/mol. The van der Waals surface area contributed by atoms with Gasteiger partial charge in [0.1, 0.15) is 21.5 Å². The number of aryl methyl sites for hydroxylation is 1. The highest BCUT2D eigenvalue weighted by Gasteiger charge is 2.31. The molecule has 25 heavy (non-hydrogen) atoms. The minimum Gasteiger partial charge on any atom is -0.465 e. The maximum atomic E-state index is 12.7. The van der Waals surface area contributed by atoms with Gasteiger partial charge in [-0.25, -0.2) is 14.8 Å². The number of carbonyl (C=O) groups excluding carboxylic acids is 1. The van der Waals surface area contributed by atoms with Gasteiger partial charge in [0, 0.05) is 25.9 Å². The summed E-state index contributed by atoms with van der Waals surface area (Å²) >= 11 is 1.20. The minimum absolute atomic E-state index is 0.252. The normalized spacial score (nSPS) is 18.0. The molecule has 0 aliphatic carbocycles. The summed E-state index contributed by atoms with van der Waals surface area (Å²) in [5.41, 5.74) is -1.02. The van der Waals surface area contributed by atoms with Gasteiger partial charge in [0.2, 0.25) is 0 Å². The molecule has 2 aromatic heterocycles. The zero-order chi connectivity index (χ0) is 18.5. The lowest BCUT2D eigenvalue weighted by atomic mass is 9.96. The van der Waals surface area contributed by atoms with Crippen molar-refractivity contribution in [3.8, 4) is 0 Å². The molecule has 2 aromatic rings. The van der Waals surface area contributed by atoms with E-state index in [1.54, 1.807) is 7.05 Å². The fourth-order valence-electron chi connectivity index (χ4n) is 2.57. The Hall–Kier alpha value is -2.16. The van der Waals surface area contributed by atoms with E-state index in [0.29, 0.717) is 23.9 Å². The van der Waals surface area contributed by atoms with Gasteiger partial charge in [-0.3, -0.25) is 18.7 Å². The molecule has 0 saturated carbocycles. The fourth-order valence-corrected chi connectivity index (χ4v) is 3.65. The van der Waals surface area contributed by atoms with Crippen LogP contribution in [0.3, 0.4) is 0 Å². The van der Waals surface area contributed by atoms with Gasteiger partial charge < -0.3 is 4.74 Å². The van der Waals surface area contributed by atoms with E-state index in [9.17, 15) is 14.4 Å². The summed E-state index contributed by atoms with van der Waals surface area (Å²) < 4.78 is 7.37. The van der Waals surface area contributed by atoms with Crippen LogP contribution in [0.2, 0.25) is 0 Å². The second-order valence-corrected chi connectivity index (χ2v) is 8.26. The van der Waals surface area contributed by atoms with Crippen LogP contribution >= 0.6 is 11.8 Å². The van der Waals surface area contributed by atoms with Crippen molar-refractivity contribution in [2.45, 2.75) is 42.9 Å². The van der Waals surface area contributed by atoms with Crippen molar-refractivity contribution in [3.05, 3.63) is 26.7 Å². The van der Waals surface area contributed by atoms with Gasteiger partial charge in [-0.05, 0) is 0 Å². The third-order valence-electron chi connectivity index (χ3n) is 4.08. The summed E-state index contributed by atoms with van der Waals surface area (Å²) in [5, 5.41) is 0.255. The van der Waals surface area contributed by atoms with Gasteiger partial charge in [-0.1, -0.05) is 32.5 Å². The number of cyclic esters (lactones) is 1. The topological polar surface area (TPSA) is 96.1 Å². The third-order valence-corrected chi connectivity index (χ3v) is 5.31. The lowest BCUT2D eigenvalue weighted by molar-refractivity contribution is -0.137. The van der Waals surface area contributed by atoms with Gasteiger partial charge in [-0.2, -0.15) is 0 Å². The van der Waals surface area contributed by atoms with Crippen molar-refractivity contribution in [3.63, 3.8) is 0 Å². The molecule has 0 bridgehead atoms. The van der Waals surface area contributed by atoms with E-state index in [0.717, 1.165) is 4.57 Å². The molecule has 1 fully saturated rings. The van der Waals surface area contributed by atoms with Crippen LogP contribution in [0, 0.1) is 0 Å². The SMILES string of the molecule is Cn1c(=O)c2c(SC3CCOC3=O)nc(C(C)(C)C)nc2n(C)c1=O. The van der Waals surface area contributed by atoms with E-state index in [2.05, 4.69) is 9.97 Å². The number of fused-ring (bicyclic) bond motifs is 1. The molecule has 1 unspecified atom stereocenters. The Bertz CT molecular complexity index is 987. The van der Waals surface area contributed by atoms with Crippen LogP contribution < -0.4 is 11.2 Å². The van der Waals surface area contributed by atoms with E-state index < -0.39 is 16.5 Å². The summed E-state index contributed by atoms with van der Waals surface area (Å²) in [5.74, 6) is 0.202. The molecular formula is C16H20N4O4S. The molecule has 0 spiro atoms. The highest BCUT2D eigenvalue weighted by molar-refractivity contribution is 8.00. The van der Waals surface area contributed by atoms with Crippen LogP contribution in [0.15, 0.2) is 14.6 Å². The Labute approximate surface area is 148 Å². The first-order valence-electron chi connectivity index (χ1n) is 7.93. The number of aromatic nitrogens is 4. The maximum absolute atomic E-state index is 12.7. The van der Waals surface area contributed by atoms with Crippen molar-refractivity contribution in [2.75, 3.05) is 6.61 Å². The Morgan fingerprint density at radius 2 is 1.80 bits per heavy atom. The highest BCUT2D eigenvalue weighted by Crippen LogP contribution is 2.32. The zero-order valence-corrected chi connectivity index (χ0v) is 15.6. The number of esters is 1. The Morgan fingerprint density at radius 3 is 2.36 bits per heavy atom. The van der Waals surface area contributed by atoms with Crippen molar-refractivity contribution in [2.24, 2.45) is 14.1 Å². The van der Waals surface area contributed by atoms with Gasteiger partial charge in [0.25, 0.3) is 5.56 Å². The van der Waals surface area contributed by atoms with Crippen molar-refractivity contribution in [1.29, 1.82) is 0 Å². The molecule has 9 heteroatoms. The molecule has 3 rings (SSSR count). The Kier molecular flexibility index (Phi) is 4.22. The summed E-state index contributed by atoms with van der Waals surface area (Å²) in [6.45, 7) is 6.21. The molecule has 0 radical (unpaired) electrons. The van der Waals surface area contributed by atoms with Gasteiger partial charge >= 0.3 is 11.7 Å². The highest BCUT2D eigenvalue weighted by atomic mass is 32.2. The summed E-state index contributed by atoms with van der Waals surface area (Å²) in [6, 6.07) is 0. The van der Waals surface area contributed by atoms with Crippen molar-refractivity contribution in [1.82, 2.24) is 19.1 Å². The molecule has 3 heterocycles. The molecule has 134 valence electrons. The van der Waals surface area contributed by atoms with Gasteiger partial charge in [0.15, 0.2) is 5.65 Å². The Balaban J connectivity index is 2.34. The largest absolute Gasteiger partial charge is 0.465 e. The summed E-state index contributed by atoms with van der Waals surface area (Å²) in [6.07, 6.45) is 0.561. The van der Waals surface area contributed by atoms with E-state index >= 15 is 0 Å². The minimum atomic E-state index is -0.465. The summed E-state index contributed by atoms with van der Waals surface area (Å²) in [4.78, 5) is 45.8. The number of carbonyl (C=O) groups is 1. The molecule has 1 saturated heterocycles. The third kappa shape index (κ3) is 2.97. The molecule has 1 atom stereocenters. The predicted molar refractivity (Wildman–Crippen MR) is 93.9 cm³/mol. The van der Waals surface area contributed by atoms with Crippen molar-refractivity contribution >= 4 is 28.8 Å². The molecule has 0 aromatic carbocycles. The van der Waals surface area contributed by atoms with Crippen LogP contribution in [0.4, 0.5) is 0 Å². The molecule has 8 nitrogen and oxygen atoms in total. The fraction of sp³-hybridized carbons (Fsp3) is 0.562. The van der Waals surface area contributed by atoms with E-state index in [1.807, 2.05) is 20.8 Å². The van der Waals surface area contributed by atoms with Crippen LogP contribution in [0.25, 0.3) is 11.0 Å². The van der Waals surface area contributed by atoms with Crippen LogP contribution in [-0.2, 0) is 29.0 Å². The van der Waals surface area contributed by atoms with Gasteiger partial charge in [0.05, 0.1) is 6.61 Å².